The van der Waals surface area contributed by atoms with Crippen LogP contribution in [0.3, 0.4) is 0 Å². The van der Waals surface area contributed by atoms with Crippen molar-refractivity contribution in [2.75, 3.05) is 22.5 Å². The van der Waals surface area contributed by atoms with Gasteiger partial charge in [-0.15, -0.1) is 11.8 Å². The molecule has 3 aromatic rings. The number of aromatic nitrogens is 1. The van der Waals surface area contributed by atoms with Crippen LogP contribution in [0.5, 0.6) is 0 Å². The van der Waals surface area contributed by atoms with E-state index in [-0.39, 0.29) is 24.7 Å². The maximum absolute atomic E-state index is 12.7. The average molecular weight is 424 g/mol. The molecule has 2 amide bonds. The molecule has 5 nitrogen and oxygen atoms in total. The van der Waals surface area contributed by atoms with Gasteiger partial charge in [0.05, 0.1) is 16.3 Å². The average Bonchev–Trinajstić information content (AvgIpc) is 3.12. The second kappa shape index (κ2) is 8.80. The number of thiazole rings is 1. The molecule has 0 saturated heterocycles. The maximum Gasteiger partial charge on any atom is 0.227 e. The van der Waals surface area contributed by atoms with Gasteiger partial charge in [0.15, 0.2) is 5.13 Å². The largest absolute Gasteiger partial charge is 0.310 e. The van der Waals surface area contributed by atoms with E-state index in [1.54, 1.807) is 16.7 Å². The minimum Gasteiger partial charge on any atom is -0.310 e. The van der Waals surface area contributed by atoms with E-state index in [9.17, 15) is 9.59 Å². The molecule has 1 aliphatic heterocycles. The second-order valence-electron chi connectivity index (χ2n) is 6.71. The van der Waals surface area contributed by atoms with E-state index < -0.39 is 0 Å². The second-order valence-corrected chi connectivity index (χ2v) is 8.85. The van der Waals surface area contributed by atoms with Crippen LogP contribution >= 0.6 is 23.1 Å². The zero-order chi connectivity index (χ0) is 20.2. The summed E-state index contributed by atoms with van der Waals surface area (Å²) in [7, 11) is 0. The first-order valence-electron chi connectivity index (χ1n) is 9.47. The molecule has 0 saturated carbocycles. The summed E-state index contributed by atoms with van der Waals surface area (Å²) in [5.41, 5.74) is 2.91. The highest BCUT2D eigenvalue weighted by molar-refractivity contribution is 7.99. The molecule has 7 heteroatoms. The fraction of sp³-hybridized carbons (Fsp3) is 0.227. The van der Waals surface area contributed by atoms with Gasteiger partial charge in [0, 0.05) is 30.0 Å². The summed E-state index contributed by atoms with van der Waals surface area (Å²) >= 11 is 3.21. The van der Waals surface area contributed by atoms with Crippen LogP contribution in [0.1, 0.15) is 18.5 Å². The van der Waals surface area contributed by atoms with Gasteiger partial charge < -0.3 is 10.2 Å². The molecule has 148 valence electrons. The number of nitrogens with one attached hydrogen (secondary N) is 1. The molecule has 2 aromatic carbocycles. The predicted octanol–water partition coefficient (Wildman–Crippen LogP) is 4.98. The molecular formula is C22H21N3O2S2. The highest BCUT2D eigenvalue weighted by Gasteiger charge is 2.23. The van der Waals surface area contributed by atoms with E-state index in [2.05, 4.69) is 10.3 Å². The molecule has 0 fully saturated rings. The Labute approximate surface area is 178 Å². The molecule has 0 bridgehead atoms. The summed E-state index contributed by atoms with van der Waals surface area (Å²) < 4.78 is 0. The van der Waals surface area contributed by atoms with Crippen molar-refractivity contribution in [3.05, 3.63) is 60.3 Å². The number of rotatable bonds is 5. The Bertz CT molecular complexity index is 1030. The molecule has 1 N–H and O–H groups in total. The van der Waals surface area contributed by atoms with Crippen LogP contribution < -0.4 is 10.2 Å². The van der Waals surface area contributed by atoms with Gasteiger partial charge in [-0.3, -0.25) is 9.59 Å². The monoisotopic (exact) mass is 423 g/mol. The van der Waals surface area contributed by atoms with Crippen LogP contribution in [0.2, 0.25) is 0 Å². The summed E-state index contributed by atoms with van der Waals surface area (Å²) in [5, 5.41) is 3.41. The first-order valence-corrected chi connectivity index (χ1v) is 11.3. The first-order chi connectivity index (χ1) is 14.1. The third-order valence-corrected chi connectivity index (χ3v) is 6.84. The van der Waals surface area contributed by atoms with Gasteiger partial charge in [0.25, 0.3) is 0 Å². The number of anilines is 2. The third-order valence-electron chi connectivity index (χ3n) is 4.67. The number of hydrogen-bond donors (Lipinski definition) is 1. The normalized spacial score (nSPS) is 13.1. The molecule has 0 atom stereocenters. The van der Waals surface area contributed by atoms with Gasteiger partial charge in [-0.2, -0.15) is 0 Å². The Hall–Kier alpha value is -2.64. The standard InChI is InChI=1S/C22H21N3O2S2/c1-15-21(16-7-3-2-4-8-16)29-22(23-15)24-19(26)11-12-20(27)25-13-14-28-18-10-6-5-9-17(18)25/h2-10H,11-14H2,1H3,(H,23,24,26). The fourth-order valence-electron chi connectivity index (χ4n) is 3.27. The summed E-state index contributed by atoms with van der Waals surface area (Å²) in [6.45, 7) is 2.61. The number of para-hydroxylation sites is 1. The van der Waals surface area contributed by atoms with Crippen molar-refractivity contribution in [1.82, 2.24) is 4.98 Å². The number of carbonyl (C=O) groups is 2. The van der Waals surface area contributed by atoms with Gasteiger partial charge in [0.2, 0.25) is 11.8 Å². The Kier molecular flexibility index (Phi) is 5.97. The Morgan fingerprint density at radius 3 is 2.66 bits per heavy atom. The Morgan fingerprint density at radius 2 is 1.83 bits per heavy atom. The topological polar surface area (TPSA) is 62.3 Å². The fourth-order valence-corrected chi connectivity index (χ4v) is 5.26. The first kappa shape index (κ1) is 19.7. The van der Waals surface area contributed by atoms with Crippen molar-refractivity contribution in [2.45, 2.75) is 24.7 Å². The van der Waals surface area contributed by atoms with Crippen molar-refractivity contribution in [3.63, 3.8) is 0 Å². The van der Waals surface area contributed by atoms with Crippen molar-refractivity contribution in [3.8, 4) is 10.4 Å². The van der Waals surface area contributed by atoms with Gasteiger partial charge in [-0.05, 0) is 24.6 Å². The van der Waals surface area contributed by atoms with Crippen LogP contribution in [-0.2, 0) is 9.59 Å². The van der Waals surface area contributed by atoms with Crippen LogP contribution in [0.25, 0.3) is 10.4 Å². The summed E-state index contributed by atoms with van der Waals surface area (Å²) in [6.07, 6.45) is 0.324. The Balaban J connectivity index is 1.36. The molecule has 29 heavy (non-hydrogen) atoms. The molecule has 4 rings (SSSR count). The minimum absolute atomic E-state index is 0.0202. The van der Waals surface area contributed by atoms with Crippen LogP contribution in [0, 0.1) is 6.92 Å². The van der Waals surface area contributed by atoms with E-state index in [1.807, 2.05) is 61.5 Å². The predicted molar refractivity (Wildman–Crippen MR) is 120 cm³/mol. The lowest BCUT2D eigenvalue weighted by Gasteiger charge is -2.28. The smallest absolute Gasteiger partial charge is 0.227 e. The molecule has 0 unspecified atom stereocenters. The van der Waals surface area contributed by atoms with Crippen molar-refractivity contribution >= 4 is 45.7 Å². The lowest BCUT2D eigenvalue weighted by molar-refractivity contribution is -0.122. The lowest BCUT2D eigenvalue weighted by atomic mass is 10.2. The van der Waals surface area contributed by atoms with Crippen LogP contribution in [0.15, 0.2) is 59.5 Å². The number of amides is 2. The number of carbonyl (C=O) groups excluding carboxylic acids is 2. The number of benzene rings is 2. The van der Waals surface area contributed by atoms with Crippen LogP contribution in [-0.4, -0.2) is 29.1 Å². The highest BCUT2D eigenvalue weighted by Crippen LogP contribution is 2.35. The third kappa shape index (κ3) is 4.52. The maximum atomic E-state index is 12.7. The quantitative estimate of drug-likeness (QED) is 0.629. The Morgan fingerprint density at radius 1 is 1.07 bits per heavy atom. The SMILES string of the molecule is Cc1nc(NC(=O)CCC(=O)N2CCSc3ccccc32)sc1-c1ccccc1. The summed E-state index contributed by atoms with van der Waals surface area (Å²) in [6, 6.07) is 17.9. The van der Waals surface area contributed by atoms with Gasteiger partial charge in [-0.25, -0.2) is 4.98 Å². The molecule has 1 aliphatic rings. The molecule has 0 spiro atoms. The van der Waals surface area contributed by atoms with Gasteiger partial charge in [-0.1, -0.05) is 53.8 Å². The number of aryl methyl sites for hydroxylation is 1. The zero-order valence-electron chi connectivity index (χ0n) is 16.1. The van der Waals surface area contributed by atoms with Crippen LogP contribution in [0.4, 0.5) is 10.8 Å². The number of fused-ring (bicyclic) bond motifs is 1. The van der Waals surface area contributed by atoms with Crippen molar-refractivity contribution in [1.29, 1.82) is 0 Å². The van der Waals surface area contributed by atoms with Crippen molar-refractivity contribution < 1.29 is 9.59 Å². The molecule has 0 aliphatic carbocycles. The lowest BCUT2D eigenvalue weighted by Crippen LogP contribution is -2.35. The number of thioether (sulfide) groups is 1. The van der Waals surface area contributed by atoms with E-state index in [1.165, 1.54) is 11.3 Å². The van der Waals surface area contributed by atoms with Crippen molar-refractivity contribution in [2.24, 2.45) is 0 Å². The number of hydrogen-bond acceptors (Lipinski definition) is 5. The molecule has 1 aromatic heterocycles. The number of nitrogens with zero attached hydrogens (tertiary/aromatic N) is 2. The molecular weight excluding hydrogens is 402 g/mol. The summed E-state index contributed by atoms with van der Waals surface area (Å²) in [4.78, 5) is 33.5. The van der Waals surface area contributed by atoms with Gasteiger partial charge >= 0.3 is 0 Å². The van der Waals surface area contributed by atoms with E-state index in [4.69, 9.17) is 0 Å². The van der Waals surface area contributed by atoms with E-state index in [0.29, 0.717) is 11.7 Å². The minimum atomic E-state index is -0.189. The van der Waals surface area contributed by atoms with Gasteiger partial charge in [0.1, 0.15) is 0 Å². The zero-order valence-corrected chi connectivity index (χ0v) is 17.7. The highest BCUT2D eigenvalue weighted by atomic mass is 32.2. The van der Waals surface area contributed by atoms with E-state index in [0.717, 1.165) is 32.5 Å². The molecule has 2 heterocycles. The summed E-state index contributed by atoms with van der Waals surface area (Å²) in [5.74, 6) is 0.662. The van der Waals surface area contributed by atoms with E-state index >= 15 is 0 Å². The molecule has 0 radical (unpaired) electrons.